The van der Waals surface area contributed by atoms with Gasteiger partial charge in [0, 0.05) is 55.2 Å². The maximum atomic E-state index is 12.9. The predicted octanol–water partition coefficient (Wildman–Crippen LogP) is 4.04. The Morgan fingerprint density at radius 3 is 2.87 bits per heavy atom. The van der Waals surface area contributed by atoms with Crippen LogP contribution in [0.25, 0.3) is 16.5 Å². The number of nitrogens with one attached hydrogen (secondary N) is 1. The highest BCUT2D eigenvalue weighted by atomic mass is 16.4. The molecular formula is C25H27N3O2. The van der Waals surface area contributed by atoms with Gasteiger partial charge < -0.3 is 19.5 Å². The highest BCUT2D eigenvalue weighted by Crippen LogP contribution is 2.32. The molecule has 1 aromatic heterocycles. The second kappa shape index (κ2) is 7.65. The van der Waals surface area contributed by atoms with Crippen molar-refractivity contribution in [3.8, 4) is 0 Å². The summed E-state index contributed by atoms with van der Waals surface area (Å²) in [5, 5.41) is 4.38. The molecule has 5 rings (SSSR count). The average molecular weight is 402 g/mol. The lowest BCUT2D eigenvalue weighted by Gasteiger charge is -2.30. The summed E-state index contributed by atoms with van der Waals surface area (Å²) in [6, 6.07) is 8.20. The van der Waals surface area contributed by atoms with Crippen LogP contribution in [0.1, 0.15) is 25.8 Å². The number of benzene rings is 1. The second-order valence-electron chi connectivity index (χ2n) is 8.36. The molecular weight excluding hydrogens is 374 g/mol. The molecule has 3 aliphatic rings. The molecule has 0 spiro atoms. The summed E-state index contributed by atoms with van der Waals surface area (Å²) in [5.74, 6) is 0. The maximum absolute atomic E-state index is 12.9. The summed E-state index contributed by atoms with van der Waals surface area (Å²) in [6.07, 6.45) is 9.57. The van der Waals surface area contributed by atoms with Crippen molar-refractivity contribution in [1.82, 2.24) is 10.2 Å². The normalized spacial score (nSPS) is 19.5. The fraction of sp³-hybridized carbons (Fsp3) is 0.320. The van der Waals surface area contributed by atoms with Crippen LogP contribution in [0.3, 0.4) is 0 Å². The van der Waals surface area contributed by atoms with E-state index in [0.29, 0.717) is 11.1 Å². The Bertz CT molecular complexity index is 1170. The van der Waals surface area contributed by atoms with Gasteiger partial charge in [0.2, 0.25) is 0 Å². The molecule has 5 nitrogen and oxygen atoms in total. The molecule has 1 saturated heterocycles. The minimum atomic E-state index is -0.274. The largest absolute Gasteiger partial charge is 0.422 e. The van der Waals surface area contributed by atoms with Crippen LogP contribution in [0.5, 0.6) is 0 Å². The van der Waals surface area contributed by atoms with Gasteiger partial charge >= 0.3 is 5.63 Å². The van der Waals surface area contributed by atoms with E-state index in [2.05, 4.69) is 65.5 Å². The van der Waals surface area contributed by atoms with Gasteiger partial charge in [-0.1, -0.05) is 0 Å². The number of hydrogen-bond donors (Lipinski definition) is 1. The van der Waals surface area contributed by atoms with Crippen molar-refractivity contribution in [2.75, 3.05) is 37.6 Å². The van der Waals surface area contributed by atoms with Gasteiger partial charge in [-0.3, -0.25) is 0 Å². The van der Waals surface area contributed by atoms with E-state index in [1.807, 2.05) is 12.1 Å². The minimum absolute atomic E-state index is 0.274. The second-order valence-corrected chi connectivity index (χ2v) is 8.36. The van der Waals surface area contributed by atoms with Gasteiger partial charge in [-0.05, 0) is 80.0 Å². The molecule has 5 heteroatoms. The summed E-state index contributed by atoms with van der Waals surface area (Å²) >= 11 is 0. The van der Waals surface area contributed by atoms with E-state index in [0.717, 1.165) is 67.1 Å². The Labute approximate surface area is 176 Å². The van der Waals surface area contributed by atoms with E-state index in [1.54, 1.807) is 0 Å². The van der Waals surface area contributed by atoms with E-state index in [4.69, 9.17) is 4.42 Å². The summed E-state index contributed by atoms with van der Waals surface area (Å²) in [5.41, 5.74) is 6.58. The molecule has 2 aromatic rings. The zero-order valence-corrected chi connectivity index (χ0v) is 17.6. The van der Waals surface area contributed by atoms with Crippen molar-refractivity contribution < 1.29 is 4.42 Å². The van der Waals surface area contributed by atoms with Crippen molar-refractivity contribution >= 4 is 22.2 Å². The van der Waals surface area contributed by atoms with Crippen molar-refractivity contribution in [3.05, 3.63) is 81.5 Å². The molecule has 4 heterocycles. The van der Waals surface area contributed by atoms with Gasteiger partial charge in [-0.2, -0.15) is 0 Å². The van der Waals surface area contributed by atoms with Crippen LogP contribution in [-0.4, -0.2) is 37.6 Å². The maximum Gasteiger partial charge on any atom is 0.344 e. The number of allylic oxidation sites excluding steroid dienone is 5. The molecule has 1 fully saturated rings. The number of nitrogens with zero attached hydrogens (tertiary/aromatic N) is 2. The standard InChI is InChI=1S/C25H27N3O2/c1-17-6-10-28-16-18(2)22(14-21(28)12-17)23-13-19-4-5-20(15-24(19)30-25(23)29)27-9-3-7-26-8-11-27/h4-6,10,12-15,26H,3,7-9,11,16H2,1-2H3. The lowest BCUT2D eigenvalue weighted by molar-refractivity contribution is 0.508. The Kier molecular flexibility index (Phi) is 4.83. The summed E-state index contributed by atoms with van der Waals surface area (Å²) in [4.78, 5) is 17.5. The zero-order valence-electron chi connectivity index (χ0n) is 17.6. The lowest BCUT2D eigenvalue weighted by atomic mass is 9.95. The van der Waals surface area contributed by atoms with Gasteiger partial charge in [-0.25, -0.2) is 4.79 Å². The fourth-order valence-electron chi connectivity index (χ4n) is 4.43. The zero-order chi connectivity index (χ0) is 20.7. The summed E-state index contributed by atoms with van der Waals surface area (Å²) < 4.78 is 5.81. The van der Waals surface area contributed by atoms with Crippen LogP contribution < -0.4 is 15.8 Å². The number of fused-ring (bicyclic) bond motifs is 2. The number of anilines is 1. The monoisotopic (exact) mass is 401 g/mol. The van der Waals surface area contributed by atoms with Crippen LogP contribution in [0.15, 0.2) is 74.7 Å². The van der Waals surface area contributed by atoms with Crippen molar-refractivity contribution in [3.63, 3.8) is 0 Å². The van der Waals surface area contributed by atoms with E-state index in [1.165, 1.54) is 5.57 Å². The third-order valence-electron chi connectivity index (χ3n) is 6.10. The minimum Gasteiger partial charge on any atom is -0.422 e. The predicted molar refractivity (Wildman–Crippen MR) is 122 cm³/mol. The Balaban J connectivity index is 1.53. The Morgan fingerprint density at radius 2 is 1.97 bits per heavy atom. The summed E-state index contributed by atoms with van der Waals surface area (Å²) in [6.45, 7) is 8.95. The summed E-state index contributed by atoms with van der Waals surface area (Å²) in [7, 11) is 0. The molecule has 30 heavy (non-hydrogen) atoms. The van der Waals surface area contributed by atoms with Gasteiger partial charge in [0.1, 0.15) is 5.58 Å². The highest BCUT2D eigenvalue weighted by Gasteiger charge is 2.21. The number of rotatable bonds is 2. The van der Waals surface area contributed by atoms with E-state index < -0.39 is 0 Å². The first kappa shape index (κ1) is 18.9. The lowest BCUT2D eigenvalue weighted by Crippen LogP contribution is -2.27. The first-order valence-electron chi connectivity index (χ1n) is 10.7. The molecule has 3 aliphatic heterocycles. The number of hydrogen-bond acceptors (Lipinski definition) is 5. The van der Waals surface area contributed by atoms with Gasteiger partial charge in [0.15, 0.2) is 0 Å². The van der Waals surface area contributed by atoms with Crippen LogP contribution in [-0.2, 0) is 0 Å². The molecule has 0 atom stereocenters. The van der Waals surface area contributed by atoms with Crippen LogP contribution in [0.2, 0.25) is 0 Å². The van der Waals surface area contributed by atoms with Crippen molar-refractivity contribution in [2.45, 2.75) is 20.3 Å². The van der Waals surface area contributed by atoms with E-state index in [-0.39, 0.29) is 5.63 Å². The van der Waals surface area contributed by atoms with Gasteiger partial charge in [0.25, 0.3) is 0 Å². The van der Waals surface area contributed by atoms with Gasteiger partial charge in [0.05, 0.1) is 5.56 Å². The first-order valence-corrected chi connectivity index (χ1v) is 10.7. The van der Waals surface area contributed by atoms with Gasteiger partial charge in [-0.15, -0.1) is 0 Å². The molecule has 1 aromatic carbocycles. The van der Waals surface area contributed by atoms with Crippen LogP contribution >= 0.6 is 0 Å². The molecule has 0 bridgehead atoms. The van der Waals surface area contributed by atoms with E-state index in [9.17, 15) is 4.79 Å². The molecule has 0 unspecified atom stereocenters. The molecule has 0 radical (unpaired) electrons. The molecule has 1 N–H and O–H groups in total. The quantitative estimate of drug-likeness (QED) is 0.770. The molecule has 154 valence electrons. The smallest absolute Gasteiger partial charge is 0.344 e. The van der Waals surface area contributed by atoms with Crippen LogP contribution in [0, 0.1) is 0 Å². The topological polar surface area (TPSA) is 48.7 Å². The van der Waals surface area contributed by atoms with Crippen LogP contribution in [0.4, 0.5) is 5.69 Å². The third-order valence-corrected chi connectivity index (χ3v) is 6.10. The first-order chi connectivity index (χ1) is 14.6. The Hall–Kier alpha value is -3.05. The third kappa shape index (κ3) is 3.50. The highest BCUT2D eigenvalue weighted by molar-refractivity contribution is 5.87. The molecule has 0 saturated carbocycles. The molecule has 0 amide bonds. The average Bonchev–Trinajstić information content (AvgIpc) is 3.02. The Morgan fingerprint density at radius 1 is 1.07 bits per heavy atom. The SMILES string of the molecule is CC1=CC2=CC(c3cc4ccc(N5CCCNCC5)cc4oc3=O)=C(C)CN2C=C1. The fourth-order valence-corrected chi connectivity index (χ4v) is 4.43. The van der Waals surface area contributed by atoms with Crippen molar-refractivity contribution in [1.29, 1.82) is 0 Å². The molecule has 0 aliphatic carbocycles. The van der Waals surface area contributed by atoms with E-state index >= 15 is 0 Å². The van der Waals surface area contributed by atoms with Crippen molar-refractivity contribution in [2.24, 2.45) is 0 Å².